The van der Waals surface area contributed by atoms with E-state index in [2.05, 4.69) is 14.2 Å². The topological polar surface area (TPSA) is 78.9 Å². The fraction of sp³-hybridized carbons (Fsp3) is 0.700. The average Bonchev–Trinajstić information content (AvgIpc) is 2.28. The lowest BCUT2D eigenvalue weighted by Gasteiger charge is -2.04. The smallest absolute Gasteiger partial charge is 0.374 e. The van der Waals surface area contributed by atoms with Crippen molar-refractivity contribution in [2.45, 2.75) is 26.9 Å². The van der Waals surface area contributed by atoms with E-state index in [4.69, 9.17) is 0 Å². The van der Waals surface area contributed by atoms with E-state index in [1.807, 2.05) is 0 Å². The highest BCUT2D eigenvalue weighted by Crippen LogP contribution is 1.88. The minimum Gasteiger partial charge on any atom is -0.467 e. The number of methoxy groups -OCH3 is 2. The zero-order valence-electron chi connectivity index (χ0n) is 10.2. The molecule has 0 heterocycles. The van der Waals surface area contributed by atoms with Crippen molar-refractivity contribution in [2.75, 3.05) is 20.8 Å². The molecule has 0 radical (unpaired) electrons. The fourth-order valence-electron chi connectivity index (χ4n) is 0.495. The molecule has 0 aliphatic carbocycles. The van der Waals surface area contributed by atoms with Crippen LogP contribution in [-0.4, -0.2) is 44.7 Å². The molecule has 0 aromatic heterocycles. The Morgan fingerprint density at radius 1 is 1.19 bits per heavy atom. The van der Waals surface area contributed by atoms with Crippen molar-refractivity contribution in [2.24, 2.45) is 0 Å². The van der Waals surface area contributed by atoms with Gasteiger partial charge in [0.2, 0.25) is 5.78 Å². The van der Waals surface area contributed by atoms with Crippen molar-refractivity contribution < 1.29 is 28.6 Å². The minimum atomic E-state index is -0.757. The van der Waals surface area contributed by atoms with Crippen LogP contribution in [0.25, 0.3) is 0 Å². The predicted molar refractivity (Wildman–Crippen MR) is 55.8 cm³/mol. The SMILES string of the molecule is CCOC(=O)C(C)=O.COC(=O)C(C)OC. The van der Waals surface area contributed by atoms with Crippen LogP contribution < -0.4 is 0 Å². The number of hydrogen-bond donors (Lipinski definition) is 0. The van der Waals surface area contributed by atoms with E-state index >= 15 is 0 Å². The third-order valence-corrected chi connectivity index (χ3v) is 1.45. The molecule has 0 aliphatic rings. The molecular weight excluding hydrogens is 216 g/mol. The molecule has 6 nitrogen and oxygen atoms in total. The Bertz CT molecular complexity index is 235. The molecule has 94 valence electrons. The van der Waals surface area contributed by atoms with Gasteiger partial charge in [-0.25, -0.2) is 9.59 Å². The van der Waals surface area contributed by atoms with Crippen molar-refractivity contribution in [1.29, 1.82) is 0 Å². The molecule has 0 aliphatic heterocycles. The molecule has 1 unspecified atom stereocenters. The van der Waals surface area contributed by atoms with Crippen molar-refractivity contribution in [1.82, 2.24) is 0 Å². The highest BCUT2D eigenvalue weighted by atomic mass is 16.6. The molecule has 6 heteroatoms. The molecule has 16 heavy (non-hydrogen) atoms. The quantitative estimate of drug-likeness (QED) is 0.515. The van der Waals surface area contributed by atoms with Gasteiger partial charge >= 0.3 is 11.9 Å². The third kappa shape index (κ3) is 9.14. The lowest BCUT2D eigenvalue weighted by molar-refractivity contribution is -0.152. The molecule has 0 saturated heterocycles. The van der Waals surface area contributed by atoms with Gasteiger partial charge in [-0.2, -0.15) is 0 Å². The second kappa shape index (κ2) is 10.1. The molecule has 0 saturated carbocycles. The van der Waals surface area contributed by atoms with Crippen LogP contribution in [0.1, 0.15) is 20.8 Å². The summed E-state index contributed by atoms with van der Waals surface area (Å²) in [6.07, 6.45) is -0.444. The van der Waals surface area contributed by atoms with Crippen molar-refractivity contribution >= 4 is 17.7 Å². The predicted octanol–water partition coefficient (Wildman–Crippen LogP) is 0.333. The molecular formula is C10H18O6. The molecule has 0 rings (SSSR count). The maximum Gasteiger partial charge on any atom is 0.374 e. The van der Waals surface area contributed by atoms with Gasteiger partial charge in [0.25, 0.3) is 0 Å². The second-order valence-corrected chi connectivity index (χ2v) is 2.68. The number of esters is 2. The van der Waals surface area contributed by atoms with Gasteiger partial charge in [0.15, 0.2) is 6.10 Å². The number of ether oxygens (including phenoxy) is 3. The maximum absolute atomic E-state index is 10.4. The van der Waals surface area contributed by atoms with Crippen molar-refractivity contribution in [3.63, 3.8) is 0 Å². The number of ketones is 1. The largest absolute Gasteiger partial charge is 0.467 e. The summed E-state index contributed by atoms with van der Waals surface area (Å²) in [7, 11) is 2.79. The number of hydrogen-bond acceptors (Lipinski definition) is 6. The Kier molecular flexibility index (Phi) is 10.7. The first kappa shape index (κ1) is 17.0. The molecule has 0 aromatic rings. The Morgan fingerprint density at radius 3 is 1.81 bits per heavy atom. The monoisotopic (exact) mass is 234 g/mol. The van der Waals surface area contributed by atoms with Crippen LogP contribution in [0.3, 0.4) is 0 Å². The molecule has 0 fully saturated rings. The Balaban J connectivity index is 0. The number of Topliss-reactive ketones (excluding diaryl/α,β-unsaturated/α-hetero) is 1. The minimum absolute atomic E-state index is 0.262. The summed E-state index contributed by atoms with van der Waals surface area (Å²) in [6.45, 7) is 4.73. The summed E-state index contributed by atoms with van der Waals surface area (Å²) in [5.74, 6) is -1.65. The van der Waals surface area contributed by atoms with E-state index in [-0.39, 0.29) is 12.6 Å². The van der Waals surface area contributed by atoms with Gasteiger partial charge in [-0.1, -0.05) is 0 Å². The fourth-order valence-corrected chi connectivity index (χ4v) is 0.495. The molecule has 0 bridgehead atoms. The molecule has 0 N–H and O–H groups in total. The average molecular weight is 234 g/mol. The van der Waals surface area contributed by atoms with Crippen molar-refractivity contribution in [3.05, 3.63) is 0 Å². The first-order valence-corrected chi connectivity index (χ1v) is 4.68. The van der Waals surface area contributed by atoms with E-state index in [1.165, 1.54) is 21.1 Å². The van der Waals surface area contributed by atoms with E-state index in [0.717, 1.165) is 0 Å². The molecule has 1 atom stereocenters. The standard InChI is InChI=1S/C5H10O3.C5H8O3/c1-4(7-2)5(6)8-3;1-3-8-5(7)4(2)6/h4H,1-3H3;3H2,1-2H3. The van der Waals surface area contributed by atoms with E-state index in [9.17, 15) is 14.4 Å². The summed E-state index contributed by atoms with van der Waals surface area (Å²) in [4.78, 5) is 30.6. The van der Waals surface area contributed by atoms with Gasteiger partial charge < -0.3 is 14.2 Å². The number of carbonyl (C=O) groups excluding carboxylic acids is 3. The van der Waals surface area contributed by atoms with Gasteiger partial charge in [-0.05, 0) is 13.8 Å². The summed E-state index contributed by atoms with van der Waals surface area (Å²) in [5, 5.41) is 0. The summed E-state index contributed by atoms with van der Waals surface area (Å²) in [5.41, 5.74) is 0. The van der Waals surface area contributed by atoms with E-state index in [1.54, 1.807) is 13.8 Å². The van der Waals surface area contributed by atoms with E-state index in [0.29, 0.717) is 0 Å². The number of carbonyl (C=O) groups is 3. The Morgan fingerprint density at radius 2 is 1.69 bits per heavy atom. The molecule has 0 aromatic carbocycles. The second-order valence-electron chi connectivity index (χ2n) is 2.68. The Hall–Kier alpha value is -1.43. The maximum atomic E-state index is 10.4. The number of rotatable bonds is 4. The Labute approximate surface area is 94.9 Å². The third-order valence-electron chi connectivity index (χ3n) is 1.45. The normalized spacial score (nSPS) is 10.6. The van der Waals surface area contributed by atoms with Crippen LogP contribution in [0.2, 0.25) is 0 Å². The lowest BCUT2D eigenvalue weighted by atomic mass is 10.4. The van der Waals surface area contributed by atoms with Crippen molar-refractivity contribution in [3.8, 4) is 0 Å². The van der Waals surface area contributed by atoms with Crippen LogP contribution in [0.15, 0.2) is 0 Å². The van der Waals surface area contributed by atoms with Gasteiger partial charge in [0, 0.05) is 14.0 Å². The van der Waals surface area contributed by atoms with E-state index < -0.39 is 17.9 Å². The van der Waals surface area contributed by atoms with Gasteiger partial charge in [-0.15, -0.1) is 0 Å². The summed E-state index contributed by atoms with van der Waals surface area (Å²) < 4.78 is 13.3. The first-order chi connectivity index (χ1) is 7.40. The van der Waals surface area contributed by atoms with Crippen LogP contribution in [0, 0.1) is 0 Å². The van der Waals surface area contributed by atoms with Gasteiger partial charge in [0.05, 0.1) is 13.7 Å². The highest BCUT2D eigenvalue weighted by molar-refractivity contribution is 6.32. The molecule has 0 spiro atoms. The van der Waals surface area contributed by atoms with Crippen LogP contribution in [-0.2, 0) is 28.6 Å². The zero-order chi connectivity index (χ0) is 13.1. The van der Waals surface area contributed by atoms with Gasteiger partial charge in [-0.3, -0.25) is 4.79 Å². The zero-order valence-corrected chi connectivity index (χ0v) is 10.2. The van der Waals surface area contributed by atoms with Gasteiger partial charge in [0.1, 0.15) is 0 Å². The highest BCUT2D eigenvalue weighted by Gasteiger charge is 2.09. The summed E-state index contributed by atoms with van der Waals surface area (Å²) in [6, 6.07) is 0. The van der Waals surface area contributed by atoms with Crippen LogP contribution >= 0.6 is 0 Å². The first-order valence-electron chi connectivity index (χ1n) is 4.68. The van der Waals surface area contributed by atoms with Crippen LogP contribution in [0.4, 0.5) is 0 Å². The van der Waals surface area contributed by atoms with Crippen LogP contribution in [0.5, 0.6) is 0 Å². The molecule has 0 amide bonds. The lowest BCUT2D eigenvalue weighted by Crippen LogP contribution is -2.19. The summed E-state index contributed by atoms with van der Waals surface area (Å²) >= 11 is 0.